The molecule has 0 amide bonds. The molecule has 0 aliphatic carbocycles. The summed E-state index contributed by atoms with van der Waals surface area (Å²) in [5, 5.41) is 9.39. The van der Waals surface area contributed by atoms with Gasteiger partial charge in [0.15, 0.2) is 0 Å². The fraction of sp³-hybridized carbons (Fsp3) is 0.400. The van der Waals surface area contributed by atoms with Crippen LogP contribution in [-0.4, -0.2) is 11.2 Å². The monoisotopic (exact) mass is 237 g/mol. The second kappa shape index (κ2) is 6.00. The first-order chi connectivity index (χ1) is 6.56. The van der Waals surface area contributed by atoms with Crippen molar-refractivity contribution < 1.29 is 13.9 Å². The van der Waals surface area contributed by atoms with Gasteiger partial charge in [-0.1, -0.05) is 13.0 Å². The van der Waals surface area contributed by atoms with Gasteiger partial charge in [0.2, 0.25) is 0 Å². The Balaban J connectivity index is 0.00000196. The predicted molar refractivity (Wildman–Crippen MR) is 56.8 cm³/mol. The van der Waals surface area contributed by atoms with Crippen molar-refractivity contribution in [3.8, 4) is 0 Å². The van der Waals surface area contributed by atoms with E-state index in [1.54, 1.807) is 6.92 Å². The summed E-state index contributed by atoms with van der Waals surface area (Å²) in [5.74, 6) is -1.37. The van der Waals surface area contributed by atoms with Crippen molar-refractivity contribution in [1.82, 2.24) is 0 Å². The SMILES string of the molecule is CC[C@H](O)[C@H](N)c1ccc(F)cc1F.Cl. The van der Waals surface area contributed by atoms with Crippen molar-refractivity contribution in [2.24, 2.45) is 5.73 Å². The molecule has 0 aliphatic rings. The first-order valence-corrected chi connectivity index (χ1v) is 4.44. The maximum atomic E-state index is 13.2. The average Bonchev–Trinajstić information content (AvgIpc) is 2.15. The number of nitrogens with two attached hydrogens (primary N) is 1. The van der Waals surface area contributed by atoms with Crippen LogP contribution in [0.4, 0.5) is 8.78 Å². The van der Waals surface area contributed by atoms with Crippen LogP contribution in [0.25, 0.3) is 0 Å². The quantitative estimate of drug-likeness (QED) is 0.846. The topological polar surface area (TPSA) is 46.2 Å². The third-order valence-corrected chi connectivity index (χ3v) is 2.15. The zero-order chi connectivity index (χ0) is 10.7. The number of hydrogen-bond acceptors (Lipinski definition) is 2. The van der Waals surface area contributed by atoms with E-state index < -0.39 is 23.8 Å². The zero-order valence-corrected chi connectivity index (χ0v) is 9.10. The summed E-state index contributed by atoms with van der Waals surface area (Å²) in [6.07, 6.45) is -0.382. The van der Waals surface area contributed by atoms with Crippen molar-refractivity contribution in [2.75, 3.05) is 0 Å². The van der Waals surface area contributed by atoms with Crippen molar-refractivity contribution in [2.45, 2.75) is 25.5 Å². The Morgan fingerprint density at radius 3 is 2.47 bits per heavy atom. The molecule has 3 N–H and O–H groups in total. The van der Waals surface area contributed by atoms with E-state index in [1.807, 2.05) is 0 Å². The van der Waals surface area contributed by atoms with Crippen molar-refractivity contribution in [1.29, 1.82) is 0 Å². The summed E-state index contributed by atoms with van der Waals surface area (Å²) in [6, 6.07) is 2.34. The Hall–Kier alpha value is -0.710. The van der Waals surface area contributed by atoms with Crippen LogP contribution >= 0.6 is 12.4 Å². The van der Waals surface area contributed by atoms with E-state index in [0.29, 0.717) is 6.42 Å². The van der Waals surface area contributed by atoms with Crippen molar-refractivity contribution >= 4 is 12.4 Å². The molecule has 0 bridgehead atoms. The smallest absolute Gasteiger partial charge is 0.130 e. The number of rotatable bonds is 3. The Kier molecular flexibility index (Phi) is 5.72. The van der Waals surface area contributed by atoms with E-state index in [9.17, 15) is 13.9 Å². The summed E-state index contributed by atoms with van der Waals surface area (Å²) in [7, 11) is 0. The van der Waals surface area contributed by atoms with Gasteiger partial charge >= 0.3 is 0 Å². The van der Waals surface area contributed by atoms with E-state index in [1.165, 1.54) is 6.07 Å². The first-order valence-electron chi connectivity index (χ1n) is 4.44. The average molecular weight is 238 g/mol. The molecule has 86 valence electrons. The molecule has 0 fully saturated rings. The fourth-order valence-corrected chi connectivity index (χ4v) is 1.23. The van der Waals surface area contributed by atoms with E-state index in [-0.39, 0.29) is 18.0 Å². The molecule has 0 unspecified atom stereocenters. The molecule has 2 atom stereocenters. The molecule has 0 aliphatic heterocycles. The van der Waals surface area contributed by atoms with Gasteiger partial charge in [0.25, 0.3) is 0 Å². The van der Waals surface area contributed by atoms with Crippen LogP contribution in [0.15, 0.2) is 18.2 Å². The Morgan fingerprint density at radius 2 is 2.00 bits per heavy atom. The third kappa shape index (κ3) is 3.41. The number of halogens is 3. The van der Waals surface area contributed by atoms with Crippen LogP contribution in [0, 0.1) is 11.6 Å². The van der Waals surface area contributed by atoms with Gasteiger partial charge in [-0.25, -0.2) is 8.78 Å². The molecule has 15 heavy (non-hydrogen) atoms. The van der Waals surface area contributed by atoms with E-state index in [4.69, 9.17) is 5.73 Å². The summed E-state index contributed by atoms with van der Waals surface area (Å²) in [4.78, 5) is 0. The largest absolute Gasteiger partial charge is 0.391 e. The number of benzene rings is 1. The Labute approximate surface area is 93.5 Å². The lowest BCUT2D eigenvalue weighted by molar-refractivity contribution is 0.139. The van der Waals surface area contributed by atoms with Gasteiger partial charge in [-0.2, -0.15) is 0 Å². The normalized spacial score (nSPS) is 14.2. The third-order valence-electron chi connectivity index (χ3n) is 2.15. The molecule has 0 heterocycles. The highest BCUT2D eigenvalue weighted by Gasteiger charge is 2.18. The van der Waals surface area contributed by atoms with Gasteiger partial charge in [-0.05, 0) is 12.5 Å². The molecule has 1 rings (SSSR count). The molecule has 0 radical (unpaired) electrons. The summed E-state index contributed by atoms with van der Waals surface area (Å²) >= 11 is 0. The van der Waals surface area contributed by atoms with Crippen LogP contribution in [0.3, 0.4) is 0 Å². The minimum Gasteiger partial charge on any atom is -0.391 e. The highest BCUT2D eigenvalue weighted by atomic mass is 35.5. The van der Waals surface area contributed by atoms with E-state index in [0.717, 1.165) is 12.1 Å². The van der Waals surface area contributed by atoms with Crippen LogP contribution in [0.2, 0.25) is 0 Å². The molecule has 0 saturated carbocycles. The van der Waals surface area contributed by atoms with Crippen LogP contribution < -0.4 is 5.73 Å². The van der Waals surface area contributed by atoms with Gasteiger partial charge in [0, 0.05) is 11.6 Å². The standard InChI is InChI=1S/C10H13F2NO.ClH/c1-2-9(14)10(13)7-4-3-6(11)5-8(7)12;/h3-5,9-10,14H,2,13H2,1H3;1H/t9-,10+;/m0./s1. The molecule has 0 spiro atoms. The van der Waals surface area contributed by atoms with Gasteiger partial charge in [0.05, 0.1) is 12.1 Å². The van der Waals surface area contributed by atoms with Crippen molar-refractivity contribution in [3.05, 3.63) is 35.4 Å². The fourth-order valence-electron chi connectivity index (χ4n) is 1.23. The van der Waals surface area contributed by atoms with E-state index in [2.05, 4.69) is 0 Å². The Bertz CT molecular complexity index is 322. The zero-order valence-electron chi connectivity index (χ0n) is 8.28. The van der Waals surface area contributed by atoms with E-state index >= 15 is 0 Å². The molecule has 0 saturated heterocycles. The lowest BCUT2D eigenvalue weighted by Gasteiger charge is -2.17. The maximum Gasteiger partial charge on any atom is 0.130 e. The van der Waals surface area contributed by atoms with Gasteiger partial charge in [-0.3, -0.25) is 0 Å². The van der Waals surface area contributed by atoms with Gasteiger partial charge in [-0.15, -0.1) is 12.4 Å². The number of aliphatic hydroxyl groups is 1. The summed E-state index contributed by atoms with van der Waals surface area (Å²) < 4.78 is 25.7. The van der Waals surface area contributed by atoms with Crippen LogP contribution in [-0.2, 0) is 0 Å². The van der Waals surface area contributed by atoms with Gasteiger partial charge < -0.3 is 10.8 Å². The lowest BCUT2D eigenvalue weighted by Crippen LogP contribution is -2.26. The molecule has 1 aromatic carbocycles. The Morgan fingerprint density at radius 1 is 1.40 bits per heavy atom. The molecule has 2 nitrogen and oxygen atoms in total. The second-order valence-corrected chi connectivity index (χ2v) is 3.17. The summed E-state index contributed by atoms with van der Waals surface area (Å²) in [6.45, 7) is 1.74. The van der Waals surface area contributed by atoms with Crippen LogP contribution in [0.1, 0.15) is 24.9 Å². The minimum absolute atomic E-state index is 0. The lowest BCUT2D eigenvalue weighted by atomic mass is 10.0. The molecule has 5 heteroatoms. The molecule has 1 aromatic rings. The van der Waals surface area contributed by atoms with Crippen LogP contribution in [0.5, 0.6) is 0 Å². The summed E-state index contributed by atoms with van der Waals surface area (Å²) in [5.41, 5.74) is 5.73. The molecular weight excluding hydrogens is 224 g/mol. The second-order valence-electron chi connectivity index (χ2n) is 3.17. The predicted octanol–water partition coefficient (Wildman–Crippen LogP) is 2.16. The highest BCUT2D eigenvalue weighted by molar-refractivity contribution is 5.85. The molecule has 0 aromatic heterocycles. The molecular formula is C10H14ClF2NO. The van der Waals surface area contributed by atoms with Crippen molar-refractivity contribution in [3.63, 3.8) is 0 Å². The van der Waals surface area contributed by atoms with Gasteiger partial charge in [0.1, 0.15) is 11.6 Å². The first kappa shape index (κ1) is 14.3. The number of hydrogen-bond donors (Lipinski definition) is 2. The highest BCUT2D eigenvalue weighted by Crippen LogP contribution is 2.20. The maximum absolute atomic E-state index is 13.2. The minimum atomic E-state index is -0.810. The number of aliphatic hydroxyl groups excluding tert-OH is 1.